The Bertz CT molecular complexity index is 1020. The molecule has 0 saturated carbocycles. The first-order chi connectivity index (χ1) is 13.2. The van der Waals surface area contributed by atoms with Gasteiger partial charge < -0.3 is 4.74 Å². The Kier molecular flexibility index (Phi) is 4.61. The number of hydrogen-bond donors (Lipinski definition) is 0. The Morgan fingerprint density at radius 1 is 1.11 bits per heavy atom. The molecule has 1 aliphatic carbocycles. The number of aromatic nitrogens is 3. The van der Waals surface area contributed by atoms with E-state index >= 15 is 0 Å². The van der Waals surface area contributed by atoms with Crippen molar-refractivity contribution in [3.63, 3.8) is 0 Å². The van der Waals surface area contributed by atoms with Gasteiger partial charge >= 0.3 is 5.97 Å². The Hall–Kier alpha value is -3.54. The van der Waals surface area contributed by atoms with Crippen LogP contribution in [-0.4, -0.2) is 26.7 Å². The number of rotatable bonds is 5. The molecule has 2 aromatic carbocycles. The fourth-order valence-electron chi connectivity index (χ4n) is 3.09. The van der Waals surface area contributed by atoms with E-state index in [4.69, 9.17) is 4.74 Å². The van der Waals surface area contributed by atoms with Crippen LogP contribution in [0.4, 0.5) is 0 Å². The zero-order valence-corrected chi connectivity index (χ0v) is 14.5. The molecule has 1 heterocycles. The molecule has 0 unspecified atom stereocenters. The maximum atomic E-state index is 12.1. The van der Waals surface area contributed by atoms with Gasteiger partial charge in [0.25, 0.3) is 0 Å². The minimum atomic E-state index is -0.514. The van der Waals surface area contributed by atoms with Crippen LogP contribution in [0, 0.1) is 0 Å². The first-order valence-corrected chi connectivity index (χ1v) is 8.68. The molecule has 0 N–H and O–H groups in total. The number of ether oxygens (including phenoxy) is 1. The number of carbonyl (C=O) groups is 2. The van der Waals surface area contributed by atoms with Crippen LogP contribution < -0.4 is 4.74 Å². The normalized spacial score (nSPS) is 13.1. The molecule has 0 bridgehead atoms. The molecular weight excluding hydrogens is 342 g/mol. The molecule has 0 radical (unpaired) electrons. The molecule has 0 spiro atoms. The highest BCUT2D eigenvalue weighted by molar-refractivity contribution is 6.01. The van der Waals surface area contributed by atoms with E-state index in [1.54, 1.807) is 35.2 Å². The van der Waals surface area contributed by atoms with Crippen LogP contribution in [0.15, 0.2) is 60.8 Å². The van der Waals surface area contributed by atoms with E-state index < -0.39 is 5.97 Å². The number of Topliss-reactive ketones (excluding diaryl/α,β-unsaturated/α-hetero) is 1. The molecule has 0 fully saturated rings. The van der Waals surface area contributed by atoms with Crippen molar-refractivity contribution in [2.75, 3.05) is 0 Å². The van der Waals surface area contributed by atoms with Crippen LogP contribution in [0.1, 0.15) is 33.6 Å². The summed E-state index contributed by atoms with van der Waals surface area (Å²) < 4.78 is 7.10. The van der Waals surface area contributed by atoms with Gasteiger partial charge in [-0.25, -0.2) is 9.48 Å². The van der Waals surface area contributed by atoms with Crippen LogP contribution in [0.5, 0.6) is 5.75 Å². The predicted octanol–water partition coefficient (Wildman–Crippen LogP) is 3.07. The first-order valence-electron chi connectivity index (χ1n) is 8.68. The summed E-state index contributed by atoms with van der Waals surface area (Å²) in [5, 5.41) is 8.09. The minimum absolute atomic E-state index is 0.0912. The van der Waals surface area contributed by atoms with Crippen LogP contribution >= 0.6 is 0 Å². The molecule has 4 rings (SSSR count). The van der Waals surface area contributed by atoms with Crippen LogP contribution in [-0.2, 0) is 17.8 Å². The lowest BCUT2D eigenvalue weighted by molar-refractivity contribution is -0.128. The molecule has 0 amide bonds. The standard InChI is InChI=1S/C21H17N3O3/c25-19-11-10-18-17(19)7-4-8-20(18)27-21(26)12-9-16-14-24(23-22-16)13-15-5-2-1-3-6-15/h1-9,12,14H,10-11,13H2. The summed E-state index contributed by atoms with van der Waals surface area (Å²) in [5.74, 6) is 0.0227. The zero-order chi connectivity index (χ0) is 18.6. The molecule has 6 nitrogen and oxygen atoms in total. The molecule has 0 aliphatic heterocycles. The molecule has 1 aliphatic rings. The van der Waals surface area contributed by atoms with Crippen molar-refractivity contribution in [3.05, 3.63) is 83.2 Å². The predicted molar refractivity (Wildman–Crippen MR) is 99.3 cm³/mol. The Labute approximate surface area is 156 Å². The highest BCUT2D eigenvalue weighted by atomic mass is 16.5. The van der Waals surface area contributed by atoms with E-state index in [1.165, 1.54) is 6.08 Å². The van der Waals surface area contributed by atoms with E-state index in [-0.39, 0.29) is 5.78 Å². The number of benzene rings is 2. The van der Waals surface area contributed by atoms with Gasteiger partial charge in [-0.15, -0.1) is 5.10 Å². The third kappa shape index (κ3) is 3.84. The zero-order valence-electron chi connectivity index (χ0n) is 14.5. The van der Waals surface area contributed by atoms with Crippen LogP contribution in [0.25, 0.3) is 6.08 Å². The quantitative estimate of drug-likeness (QED) is 0.398. The van der Waals surface area contributed by atoms with Crippen LogP contribution in [0.2, 0.25) is 0 Å². The molecule has 0 atom stereocenters. The SMILES string of the molecule is O=C(C=Cc1cn(Cc2ccccc2)nn1)Oc1cccc2c1CCC2=O. The molecule has 27 heavy (non-hydrogen) atoms. The third-order valence-corrected chi connectivity index (χ3v) is 4.38. The number of hydrogen-bond acceptors (Lipinski definition) is 5. The van der Waals surface area contributed by atoms with Gasteiger partial charge in [0.05, 0.1) is 12.7 Å². The fraction of sp³-hybridized carbons (Fsp3) is 0.143. The van der Waals surface area contributed by atoms with Crippen molar-refractivity contribution >= 4 is 17.8 Å². The summed E-state index contributed by atoms with van der Waals surface area (Å²) in [6, 6.07) is 15.1. The maximum Gasteiger partial charge on any atom is 0.336 e. The van der Waals surface area contributed by atoms with Gasteiger partial charge in [-0.1, -0.05) is 47.7 Å². The lowest BCUT2D eigenvalue weighted by Gasteiger charge is -2.06. The van der Waals surface area contributed by atoms with Crippen molar-refractivity contribution in [1.29, 1.82) is 0 Å². The largest absolute Gasteiger partial charge is 0.423 e. The first kappa shape index (κ1) is 16.9. The van der Waals surface area contributed by atoms with Crippen molar-refractivity contribution in [2.45, 2.75) is 19.4 Å². The Morgan fingerprint density at radius 3 is 2.81 bits per heavy atom. The van der Waals surface area contributed by atoms with Gasteiger partial charge in [0.15, 0.2) is 5.78 Å². The monoisotopic (exact) mass is 359 g/mol. The second-order valence-corrected chi connectivity index (χ2v) is 6.29. The van der Waals surface area contributed by atoms with Gasteiger partial charge in [0.2, 0.25) is 0 Å². The highest BCUT2D eigenvalue weighted by Crippen LogP contribution is 2.30. The molecule has 3 aromatic rings. The van der Waals surface area contributed by atoms with E-state index in [0.29, 0.717) is 36.4 Å². The van der Waals surface area contributed by atoms with Crippen LogP contribution in [0.3, 0.4) is 0 Å². The molecule has 1 aromatic heterocycles. The number of nitrogens with zero attached hydrogens (tertiary/aromatic N) is 3. The molecular formula is C21H17N3O3. The number of carbonyl (C=O) groups excluding carboxylic acids is 2. The van der Waals surface area contributed by atoms with Crippen molar-refractivity contribution in [3.8, 4) is 5.75 Å². The topological polar surface area (TPSA) is 74.1 Å². The van der Waals surface area contributed by atoms with Crippen molar-refractivity contribution in [1.82, 2.24) is 15.0 Å². The molecule has 6 heteroatoms. The average Bonchev–Trinajstić information content (AvgIpc) is 3.28. The summed E-state index contributed by atoms with van der Waals surface area (Å²) in [6.45, 7) is 0.607. The summed E-state index contributed by atoms with van der Waals surface area (Å²) >= 11 is 0. The Balaban J connectivity index is 1.41. The maximum absolute atomic E-state index is 12.1. The van der Waals surface area contributed by atoms with E-state index in [9.17, 15) is 9.59 Å². The third-order valence-electron chi connectivity index (χ3n) is 4.38. The second-order valence-electron chi connectivity index (χ2n) is 6.29. The fourth-order valence-corrected chi connectivity index (χ4v) is 3.09. The van der Waals surface area contributed by atoms with E-state index in [0.717, 1.165) is 11.1 Å². The lowest BCUT2D eigenvalue weighted by Crippen LogP contribution is -2.06. The van der Waals surface area contributed by atoms with Crippen molar-refractivity contribution in [2.24, 2.45) is 0 Å². The van der Waals surface area contributed by atoms with E-state index in [2.05, 4.69) is 10.3 Å². The van der Waals surface area contributed by atoms with Gasteiger partial charge in [-0.3, -0.25) is 4.79 Å². The lowest BCUT2D eigenvalue weighted by atomic mass is 10.1. The second kappa shape index (κ2) is 7.37. The number of ketones is 1. The molecule has 134 valence electrons. The smallest absolute Gasteiger partial charge is 0.336 e. The average molecular weight is 359 g/mol. The summed E-state index contributed by atoms with van der Waals surface area (Å²) in [7, 11) is 0. The number of fused-ring (bicyclic) bond motifs is 1. The van der Waals surface area contributed by atoms with Crippen molar-refractivity contribution < 1.29 is 14.3 Å². The Morgan fingerprint density at radius 2 is 1.96 bits per heavy atom. The van der Waals surface area contributed by atoms with Gasteiger partial charge in [0.1, 0.15) is 11.4 Å². The summed E-state index contributed by atoms with van der Waals surface area (Å²) in [4.78, 5) is 23.9. The highest BCUT2D eigenvalue weighted by Gasteiger charge is 2.23. The number of esters is 1. The van der Waals surface area contributed by atoms with Gasteiger partial charge in [-0.05, 0) is 24.1 Å². The summed E-state index contributed by atoms with van der Waals surface area (Å²) in [6.07, 6.45) is 5.70. The van der Waals surface area contributed by atoms with E-state index in [1.807, 2.05) is 30.3 Å². The summed E-state index contributed by atoms with van der Waals surface area (Å²) in [5.41, 5.74) is 3.13. The molecule has 0 saturated heterocycles. The van der Waals surface area contributed by atoms with Gasteiger partial charge in [0, 0.05) is 23.6 Å². The minimum Gasteiger partial charge on any atom is -0.423 e. The van der Waals surface area contributed by atoms with Gasteiger partial charge in [-0.2, -0.15) is 0 Å².